The minimum absolute atomic E-state index is 0.0984. The zero-order valence-corrected chi connectivity index (χ0v) is 17.5. The molecule has 0 aromatic heterocycles. The molecule has 0 spiro atoms. The Balaban J connectivity index is 1.59. The maximum atomic E-state index is 12.7. The van der Waals surface area contributed by atoms with Crippen molar-refractivity contribution in [2.45, 2.75) is 71.1 Å². The van der Waals surface area contributed by atoms with Crippen LogP contribution in [0.4, 0.5) is 0 Å². The predicted molar refractivity (Wildman–Crippen MR) is 117 cm³/mol. The molecular weight excluding hydrogens is 344 g/mol. The molecule has 2 heteroatoms. The molecule has 150 valence electrons. The lowest BCUT2D eigenvalue weighted by Crippen LogP contribution is -2.23. The molecule has 2 atom stereocenters. The van der Waals surface area contributed by atoms with Crippen LogP contribution in [-0.4, -0.2) is 12.4 Å². The van der Waals surface area contributed by atoms with Crippen LogP contribution in [0, 0.1) is 5.92 Å². The fraction of sp³-hybridized carbons (Fsp3) is 0.500. The van der Waals surface area contributed by atoms with Crippen LogP contribution >= 0.6 is 0 Å². The van der Waals surface area contributed by atoms with Crippen LogP contribution in [0.2, 0.25) is 0 Å². The lowest BCUT2D eigenvalue weighted by Gasteiger charge is -2.27. The van der Waals surface area contributed by atoms with E-state index >= 15 is 0 Å². The number of hydrogen-bond acceptors (Lipinski definition) is 2. The predicted octanol–water partition coefficient (Wildman–Crippen LogP) is 7.18. The molecular formula is C26H34O2. The van der Waals surface area contributed by atoms with Crippen molar-refractivity contribution in [2.75, 3.05) is 6.61 Å². The molecule has 1 aliphatic carbocycles. The molecule has 3 rings (SSSR count). The van der Waals surface area contributed by atoms with Crippen molar-refractivity contribution in [3.05, 3.63) is 54.1 Å². The lowest BCUT2D eigenvalue weighted by atomic mass is 9.76. The highest BCUT2D eigenvalue weighted by Crippen LogP contribution is 2.36. The van der Waals surface area contributed by atoms with Gasteiger partial charge in [-0.3, -0.25) is 4.79 Å². The molecule has 2 nitrogen and oxygen atoms in total. The Morgan fingerprint density at radius 2 is 1.54 bits per heavy atom. The Bertz CT molecular complexity index is 730. The van der Waals surface area contributed by atoms with Crippen molar-refractivity contribution in [1.29, 1.82) is 0 Å². The van der Waals surface area contributed by atoms with Crippen molar-refractivity contribution >= 4 is 5.78 Å². The summed E-state index contributed by atoms with van der Waals surface area (Å²) in [5.74, 6) is 2.07. The average Bonchev–Trinajstić information content (AvgIpc) is 2.73. The quantitative estimate of drug-likeness (QED) is 0.432. The molecule has 1 fully saturated rings. The van der Waals surface area contributed by atoms with Crippen LogP contribution in [0.25, 0.3) is 11.1 Å². The molecule has 0 heterocycles. The monoisotopic (exact) mass is 378 g/mol. The fourth-order valence-corrected chi connectivity index (χ4v) is 4.25. The second-order valence-corrected chi connectivity index (χ2v) is 8.16. The Kier molecular flexibility index (Phi) is 7.71. The summed E-state index contributed by atoms with van der Waals surface area (Å²) in [5, 5.41) is 0. The number of carbonyl (C=O) groups excluding carboxylic acids is 1. The van der Waals surface area contributed by atoms with E-state index in [1.807, 2.05) is 12.1 Å². The average molecular weight is 379 g/mol. The number of benzene rings is 2. The van der Waals surface area contributed by atoms with E-state index in [0.717, 1.165) is 31.6 Å². The zero-order valence-electron chi connectivity index (χ0n) is 17.5. The highest BCUT2D eigenvalue weighted by atomic mass is 16.5. The van der Waals surface area contributed by atoms with E-state index in [-0.39, 0.29) is 5.92 Å². The molecule has 0 bridgehead atoms. The van der Waals surface area contributed by atoms with Gasteiger partial charge in [-0.1, -0.05) is 75.9 Å². The number of ketones is 1. The number of carbonyl (C=O) groups is 1. The standard InChI is InChI=1S/C26H34O2/c1-3-5-6-7-20-8-17-25(26(27)19-20)23-11-9-21(10-12-23)22-13-15-24(16-14-22)28-18-4-2/h9-16,20,25H,3-8,17-19H2,1-2H3. The zero-order chi connectivity index (χ0) is 19.8. The molecule has 1 saturated carbocycles. The lowest BCUT2D eigenvalue weighted by molar-refractivity contribution is -0.123. The number of rotatable bonds is 9. The first kappa shape index (κ1) is 20.6. The number of hydrogen-bond donors (Lipinski definition) is 0. The normalized spacial score (nSPS) is 19.6. The minimum Gasteiger partial charge on any atom is -0.494 e. The van der Waals surface area contributed by atoms with E-state index in [9.17, 15) is 4.79 Å². The van der Waals surface area contributed by atoms with Gasteiger partial charge in [0.1, 0.15) is 11.5 Å². The molecule has 0 aliphatic heterocycles. The van der Waals surface area contributed by atoms with Crippen molar-refractivity contribution in [1.82, 2.24) is 0 Å². The highest BCUT2D eigenvalue weighted by Gasteiger charge is 2.29. The van der Waals surface area contributed by atoms with Crippen LogP contribution in [-0.2, 0) is 4.79 Å². The third kappa shape index (κ3) is 5.47. The molecule has 2 aromatic carbocycles. The first-order valence-corrected chi connectivity index (χ1v) is 11.1. The molecule has 0 amide bonds. The number of ether oxygens (including phenoxy) is 1. The van der Waals surface area contributed by atoms with Gasteiger partial charge >= 0.3 is 0 Å². The summed E-state index contributed by atoms with van der Waals surface area (Å²) in [5.41, 5.74) is 3.55. The van der Waals surface area contributed by atoms with Gasteiger partial charge < -0.3 is 4.74 Å². The van der Waals surface area contributed by atoms with Crippen LogP contribution in [0.5, 0.6) is 5.75 Å². The molecule has 2 unspecified atom stereocenters. The van der Waals surface area contributed by atoms with Crippen LogP contribution < -0.4 is 4.74 Å². The van der Waals surface area contributed by atoms with Gasteiger partial charge in [-0.15, -0.1) is 0 Å². The van der Waals surface area contributed by atoms with E-state index in [1.54, 1.807) is 0 Å². The molecule has 1 aliphatic rings. The smallest absolute Gasteiger partial charge is 0.140 e. The Labute approximate surface area is 170 Å². The summed E-state index contributed by atoms with van der Waals surface area (Å²) >= 11 is 0. The minimum atomic E-state index is 0.0984. The topological polar surface area (TPSA) is 26.3 Å². The van der Waals surface area contributed by atoms with Crippen molar-refractivity contribution in [2.24, 2.45) is 5.92 Å². The van der Waals surface area contributed by atoms with Gasteiger partial charge in [0.15, 0.2) is 0 Å². The summed E-state index contributed by atoms with van der Waals surface area (Å²) in [4.78, 5) is 12.7. The summed E-state index contributed by atoms with van der Waals surface area (Å²) in [6, 6.07) is 16.9. The summed E-state index contributed by atoms with van der Waals surface area (Å²) < 4.78 is 5.66. The Hall–Kier alpha value is -2.09. The molecule has 0 radical (unpaired) electrons. The second kappa shape index (κ2) is 10.5. The SMILES string of the molecule is CCCCCC1CCC(c2ccc(-c3ccc(OCCC)cc3)cc2)C(=O)C1. The highest BCUT2D eigenvalue weighted by molar-refractivity contribution is 5.86. The van der Waals surface area contributed by atoms with Crippen molar-refractivity contribution in [3.63, 3.8) is 0 Å². The largest absolute Gasteiger partial charge is 0.494 e. The van der Waals surface area contributed by atoms with Gasteiger partial charge in [0.25, 0.3) is 0 Å². The van der Waals surface area contributed by atoms with Gasteiger partial charge in [0.05, 0.1) is 6.61 Å². The molecule has 2 aromatic rings. The van der Waals surface area contributed by atoms with E-state index in [1.165, 1.54) is 48.8 Å². The molecule has 28 heavy (non-hydrogen) atoms. The maximum Gasteiger partial charge on any atom is 0.140 e. The van der Waals surface area contributed by atoms with Crippen LogP contribution in [0.1, 0.15) is 76.7 Å². The van der Waals surface area contributed by atoms with Gasteiger partial charge in [0, 0.05) is 12.3 Å². The fourth-order valence-electron chi connectivity index (χ4n) is 4.25. The Morgan fingerprint density at radius 1 is 0.857 bits per heavy atom. The van der Waals surface area contributed by atoms with E-state index in [0.29, 0.717) is 11.7 Å². The third-order valence-electron chi connectivity index (χ3n) is 5.93. The van der Waals surface area contributed by atoms with Crippen LogP contribution in [0.3, 0.4) is 0 Å². The summed E-state index contributed by atoms with van der Waals surface area (Å²) in [6.45, 7) is 5.10. The Morgan fingerprint density at radius 3 is 2.14 bits per heavy atom. The summed E-state index contributed by atoms with van der Waals surface area (Å²) in [6.07, 6.45) is 9.04. The summed E-state index contributed by atoms with van der Waals surface area (Å²) in [7, 11) is 0. The third-order valence-corrected chi connectivity index (χ3v) is 5.93. The first-order valence-electron chi connectivity index (χ1n) is 11.1. The van der Waals surface area contributed by atoms with E-state index in [2.05, 4.69) is 50.2 Å². The first-order chi connectivity index (χ1) is 13.7. The van der Waals surface area contributed by atoms with E-state index in [4.69, 9.17) is 4.74 Å². The molecule has 0 saturated heterocycles. The number of unbranched alkanes of at least 4 members (excludes halogenated alkanes) is 2. The van der Waals surface area contributed by atoms with E-state index < -0.39 is 0 Å². The second-order valence-electron chi connectivity index (χ2n) is 8.16. The van der Waals surface area contributed by atoms with Gasteiger partial charge in [-0.05, 0) is 54.0 Å². The van der Waals surface area contributed by atoms with Gasteiger partial charge in [-0.2, -0.15) is 0 Å². The van der Waals surface area contributed by atoms with Crippen molar-refractivity contribution in [3.8, 4) is 16.9 Å². The van der Waals surface area contributed by atoms with Gasteiger partial charge in [0.2, 0.25) is 0 Å². The number of Topliss-reactive ketones (excluding diaryl/α,β-unsaturated/α-hetero) is 1. The maximum absolute atomic E-state index is 12.7. The van der Waals surface area contributed by atoms with Crippen molar-refractivity contribution < 1.29 is 9.53 Å². The van der Waals surface area contributed by atoms with Gasteiger partial charge in [-0.25, -0.2) is 0 Å². The van der Waals surface area contributed by atoms with Crippen LogP contribution in [0.15, 0.2) is 48.5 Å². The molecule has 0 N–H and O–H groups in total.